The van der Waals surface area contributed by atoms with E-state index in [1.807, 2.05) is 30.3 Å². The average molecular weight is 224 g/mol. The predicted molar refractivity (Wildman–Crippen MR) is 67.3 cm³/mol. The molecule has 17 heavy (non-hydrogen) atoms. The topological polar surface area (TPSA) is 42.0 Å². The van der Waals surface area contributed by atoms with Crippen molar-refractivity contribution in [3.63, 3.8) is 0 Å². The van der Waals surface area contributed by atoms with E-state index in [0.29, 0.717) is 6.54 Å². The Morgan fingerprint density at radius 3 is 3.00 bits per heavy atom. The molecule has 0 fully saturated rings. The van der Waals surface area contributed by atoms with E-state index in [1.54, 1.807) is 6.20 Å². The van der Waals surface area contributed by atoms with Gasteiger partial charge in [0.15, 0.2) is 0 Å². The Kier molecular flexibility index (Phi) is 3.37. The SMILES string of the molecule is CC(=O)NCC#Cc1cccc2cccnc12. The molecule has 2 rings (SSSR count). The van der Waals surface area contributed by atoms with E-state index < -0.39 is 0 Å². The molecule has 0 bridgehead atoms. The monoisotopic (exact) mass is 224 g/mol. The van der Waals surface area contributed by atoms with Crippen LogP contribution >= 0.6 is 0 Å². The third kappa shape index (κ3) is 2.82. The first kappa shape index (κ1) is 11.2. The van der Waals surface area contributed by atoms with Gasteiger partial charge in [-0.2, -0.15) is 0 Å². The quantitative estimate of drug-likeness (QED) is 0.749. The van der Waals surface area contributed by atoms with Crippen molar-refractivity contribution in [2.75, 3.05) is 6.54 Å². The van der Waals surface area contributed by atoms with E-state index >= 15 is 0 Å². The van der Waals surface area contributed by atoms with Crippen molar-refractivity contribution in [2.45, 2.75) is 6.92 Å². The number of aromatic nitrogens is 1. The molecule has 0 aliphatic carbocycles. The summed E-state index contributed by atoms with van der Waals surface area (Å²) in [6.07, 6.45) is 1.75. The Hall–Kier alpha value is -2.34. The maximum atomic E-state index is 10.7. The van der Waals surface area contributed by atoms with Gasteiger partial charge in [-0.1, -0.05) is 30.0 Å². The number of carbonyl (C=O) groups excluding carboxylic acids is 1. The molecule has 1 aromatic heterocycles. The summed E-state index contributed by atoms with van der Waals surface area (Å²) in [5, 5.41) is 3.70. The zero-order valence-corrected chi connectivity index (χ0v) is 9.53. The molecule has 0 aliphatic heterocycles. The molecule has 1 N–H and O–H groups in total. The van der Waals surface area contributed by atoms with Gasteiger partial charge < -0.3 is 5.32 Å². The van der Waals surface area contributed by atoms with Gasteiger partial charge in [0.25, 0.3) is 0 Å². The molecule has 3 heteroatoms. The van der Waals surface area contributed by atoms with E-state index in [9.17, 15) is 4.79 Å². The van der Waals surface area contributed by atoms with Crippen LogP contribution in [0.2, 0.25) is 0 Å². The van der Waals surface area contributed by atoms with Crippen LogP contribution in [0.25, 0.3) is 10.9 Å². The van der Waals surface area contributed by atoms with Gasteiger partial charge in [-0.3, -0.25) is 9.78 Å². The summed E-state index contributed by atoms with van der Waals surface area (Å²) in [4.78, 5) is 15.0. The molecule has 0 atom stereocenters. The third-order valence-electron chi connectivity index (χ3n) is 2.28. The Morgan fingerprint density at radius 1 is 1.35 bits per heavy atom. The second-order valence-corrected chi connectivity index (χ2v) is 3.59. The predicted octanol–water partition coefficient (Wildman–Crippen LogP) is 1.72. The molecule has 1 aromatic carbocycles. The lowest BCUT2D eigenvalue weighted by Gasteiger charge is -1.98. The lowest BCUT2D eigenvalue weighted by molar-refractivity contribution is -0.118. The zero-order valence-electron chi connectivity index (χ0n) is 9.53. The van der Waals surface area contributed by atoms with Crippen molar-refractivity contribution < 1.29 is 4.79 Å². The molecule has 0 unspecified atom stereocenters. The van der Waals surface area contributed by atoms with Crippen LogP contribution in [0.1, 0.15) is 12.5 Å². The van der Waals surface area contributed by atoms with Crippen LogP contribution in [0.15, 0.2) is 36.5 Å². The van der Waals surface area contributed by atoms with Crippen molar-refractivity contribution in [1.29, 1.82) is 0 Å². The van der Waals surface area contributed by atoms with Crippen molar-refractivity contribution in [3.8, 4) is 11.8 Å². The number of hydrogen-bond acceptors (Lipinski definition) is 2. The summed E-state index contributed by atoms with van der Waals surface area (Å²) < 4.78 is 0. The molecular weight excluding hydrogens is 212 g/mol. The van der Waals surface area contributed by atoms with E-state index in [2.05, 4.69) is 22.1 Å². The van der Waals surface area contributed by atoms with Gasteiger partial charge in [0.1, 0.15) is 0 Å². The highest BCUT2D eigenvalue weighted by Crippen LogP contribution is 2.14. The number of nitrogens with zero attached hydrogens (tertiary/aromatic N) is 1. The maximum absolute atomic E-state index is 10.7. The van der Waals surface area contributed by atoms with E-state index in [-0.39, 0.29) is 5.91 Å². The molecule has 0 saturated heterocycles. The van der Waals surface area contributed by atoms with E-state index in [4.69, 9.17) is 0 Å². The van der Waals surface area contributed by atoms with E-state index in [1.165, 1.54) is 6.92 Å². The zero-order chi connectivity index (χ0) is 12.1. The van der Waals surface area contributed by atoms with Crippen molar-refractivity contribution in [3.05, 3.63) is 42.1 Å². The highest BCUT2D eigenvalue weighted by molar-refractivity contribution is 5.84. The summed E-state index contributed by atoms with van der Waals surface area (Å²) in [7, 11) is 0. The van der Waals surface area contributed by atoms with Crippen molar-refractivity contribution >= 4 is 16.8 Å². The van der Waals surface area contributed by atoms with Crippen molar-refractivity contribution in [1.82, 2.24) is 10.3 Å². The number of benzene rings is 1. The summed E-state index contributed by atoms with van der Waals surface area (Å²) in [6.45, 7) is 1.83. The van der Waals surface area contributed by atoms with Gasteiger partial charge in [0, 0.05) is 18.5 Å². The first-order chi connectivity index (χ1) is 8.27. The van der Waals surface area contributed by atoms with Crippen LogP contribution in [-0.4, -0.2) is 17.4 Å². The molecule has 84 valence electrons. The van der Waals surface area contributed by atoms with Crippen LogP contribution in [0, 0.1) is 11.8 Å². The second kappa shape index (κ2) is 5.13. The smallest absolute Gasteiger partial charge is 0.217 e. The lowest BCUT2D eigenvalue weighted by Crippen LogP contribution is -2.19. The van der Waals surface area contributed by atoms with Gasteiger partial charge in [0.2, 0.25) is 5.91 Å². The van der Waals surface area contributed by atoms with Crippen LogP contribution in [0.4, 0.5) is 0 Å². The largest absolute Gasteiger partial charge is 0.345 e. The van der Waals surface area contributed by atoms with Crippen LogP contribution in [0.5, 0.6) is 0 Å². The number of rotatable bonds is 1. The molecule has 0 radical (unpaired) electrons. The van der Waals surface area contributed by atoms with Gasteiger partial charge in [-0.15, -0.1) is 0 Å². The number of nitrogens with one attached hydrogen (secondary N) is 1. The minimum Gasteiger partial charge on any atom is -0.345 e. The number of amides is 1. The number of pyridine rings is 1. The minimum absolute atomic E-state index is 0.0738. The Bertz CT molecular complexity index is 603. The fourth-order valence-electron chi connectivity index (χ4n) is 1.51. The molecule has 1 heterocycles. The van der Waals surface area contributed by atoms with Crippen LogP contribution < -0.4 is 5.32 Å². The summed E-state index contributed by atoms with van der Waals surface area (Å²) in [5.74, 6) is 5.85. The van der Waals surface area contributed by atoms with Crippen LogP contribution in [0.3, 0.4) is 0 Å². The first-order valence-corrected chi connectivity index (χ1v) is 5.34. The molecule has 0 spiro atoms. The van der Waals surface area contributed by atoms with Gasteiger partial charge in [-0.25, -0.2) is 0 Å². The normalized spacial score (nSPS) is 9.47. The summed E-state index contributed by atoms with van der Waals surface area (Å²) >= 11 is 0. The first-order valence-electron chi connectivity index (χ1n) is 5.34. The Morgan fingerprint density at radius 2 is 2.18 bits per heavy atom. The van der Waals surface area contributed by atoms with Crippen LogP contribution in [-0.2, 0) is 4.79 Å². The fraction of sp³-hybridized carbons (Fsp3) is 0.143. The molecule has 3 nitrogen and oxygen atoms in total. The Balaban J connectivity index is 2.26. The molecule has 0 aliphatic rings. The lowest BCUT2D eigenvalue weighted by atomic mass is 10.1. The number of para-hydroxylation sites is 1. The molecule has 1 amide bonds. The number of carbonyl (C=O) groups is 1. The third-order valence-corrected chi connectivity index (χ3v) is 2.28. The average Bonchev–Trinajstić information content (AvgIpc) is 2.34. The Labute approximate surface area is 99.9 Å². The minimum atomic E-state index is -0.0738. The van der Waals surface area contributed by atoms with Gasteiger partial charge >= 0.3 is 0 Å². The number of hydrogen-bond donors (Lipinski definition) is 1. The second-order valence-electron chi connectivity index (χ2n) is 3.59. The molecular formula is C14H12N2O. The van der Waals surface area contributed by atoms with Gasteiger partial charge in [0.05, 0.1) is 17.6 Å². The standard InChI is InChI=1S/C14H12N2O/c1-11(17)15-9-3-7-12-5-2-6-13-8-4-10-16-14(12)13/h2,4-6,8,10H,9H2,1H3,(H,15,17). The summed E-state index contributed by atoms with van der Waals surface area (Å²) in [5.41, 5.74) is 1.78. The summed E-state index contributed by atoms with van der Waals surface area (Å²) in [6, 6.07) is 9.78. The highest BCUT2D eigenvalue weighted by Gasteiger charge is 1.97. The molecule has 2 aromatic rings. The van der Waals surface area contributed by atoms with Crippen molar-refractivity contribution in [2.24, 2.45) is 0 Å². The highest BCUT2D eigenvalue weighted by atomic mass is 16.1. The fourth-order valence-corrected chi connectivity index (χ4v) is 1.51. The van der Waals surface area contributed by atoms with E-state index in [0.717, 1.165) is 16.5 Å². The van der Waals surface area contributed by atoms with Gasteiger partial charge in [-0.05, 0) is 12.1 Å². The molecule has 0 saturated carbocycles. The maximum Gasteiger partial charge on any atom is 0.217 e. The number of fused-ring (bicyclic) bond motifs is 1.